The van der Waals surface area contributed by atoms with Gasteiger partial charge in [0.15, 0.2) is 5.65 Å². The maximum absolute atomic E-state index is 4.80. The Morgan fingerprint density at radius 1 is 1.13 bits per heavy atom. The maximum atomic E-state index is 4.80. The summed E-state index contributed by atoms with van der Waals surface area (Å²) in [5.41, 5.74) is 3.19. The summed E-state index contributed by atoms with van der Waals surface area (Å²) in [6.45, 7) is 11.2. The molecular weight excluding hydrogens is 286 g/mol. The highest BCUT2D eigenvalue weighted by atomic mass is 15.4. The first-order valence-corrected chi connectivity index (χ1v) is 8.98. The van der Waals surface area contributed by atoms with Crippen molar-refractivity contribution >= 4 is 11.5 Å². The molecule has 0 saturated carbocycles. The molecule has 0 aliphatic carbocycles. The molecule has 4 heterocycles. The molecule has 5 nitrogen and oxygen atoms in total. The van der Waals surface area contributed by atoms with Crippen molar-refractivity contribution in [3.05, 3.63) is 23.5 Å². The van der Waals surface area contributed by atoms with E-state index in [2.05, 4.69) is 42.7 Å². The summed E-state index contributed by atoms with van der Waals surface area (Å²) in [6, 6.07) is 5.06. The first-order valence-electron chi connectivity index (χ1n) is 8.98. The zero-order valence-electron chi connectivity index (χ0n) is 14.5. The Bertz CT molecular complexity index is 705. The third-order valence-corrected chi connectivity index (χ3v) is 5.27. The molecule has 2 aromatic rings. The molecule has 1 atom stereocenters. The van der Waals surface area contributed by atoms with Gasteiger partial charge in [0, 0.05) is 43.5 Å². The Balaban J connectivity index is 1.76. The minimum Gasteiger partial charge on any atom is -0.355 e. The van der Waals surface area contributed by atoms with Crippen molar-refractivity contribution in [2.45, 2.75) is 52.0 Å². The summed E-state index contributed by atoms with van der Waals surface area (Å²) in [6.07, 6.45) is 3.92. The molecule has 23 heavy (non-hydrogen) atoms. The lowest BCUT2D eigenvalue weighted by molar-refractivity contribution is 0.273. The van der Waals surface area contributed by atoms with Crippen molar-refractivity contribution in [1.29, 1.82) is 0 Å². The fourth-order valence-corrected chi connectivity index (χ4v) is 4.03. The van der Waals surface area contributed by atoms with Crippen LogP contribution in [-0.2, 0) is 0 Å². The molecule has 0 radical (unpaired) electrons. The Morgan fingerprint density at radius 3 is 2.78 bits per heavy atom. The maximum Gasteiger partial charge on any atom is 0.157 e. The van der Waals surface area contributed by atoms with Crippen molar-refractivity contribution in [2.24, 2.45) is 0 Å². The molecule has 0 unspecified atom stereocenters. The minimum absolute atomic E-state index is 0.434. The van der Waals surface area contributed by atoms with Crippen LogP contribution < -0.4 is 4.90 Å². The lowest BCUT2D eigenvalue weighted by Crippen LogP contribution is -2.37. The lowest BCUT2D eigenvalue weighted by atomic mass is 10.1. The van der Waals surface area contributed by atoms with Gasteiger partial charge in [-0.1, -0.05) is 13.8 Å². The average molecular weight is 313 g/mol. The SMILES string of the molecule is Cc1cc2nc(C(C)C)cc(N3CCCN4CCC[C@H]4C3)n2n1. The topological polar surface area (TPSA) is 36.7 Å². The van der Waals surface area contributed by atoms with E-state index in [1.165, 1.54) is 43.9 Å². The second kappa shape index (κ2) is 5.78. The number of hydrogen-bond acceptors (Lipinski definition) is 4. The van der Waals surface area contributed by atoms with Crippen molar-refractivity contribution < 1.29 is 0 Å². The normalized spacial score (nSPS) is 22.8. The van der Waals surface area contributed by atoms with Crippen LogP contribution in [0.2, 0.25) is 0 Å². The van der Waals surface area contributed by atoms with Gasteiger partial charge in [-0.15, -0.1) is 0 Å². The number of aryl methyl sites for hydroxylation is 1. The first kappa shape index (κ1) is 14.9. The van der Waals surface area contributed by atoms with E-state index in [0.29, 0.717) is 12.0 Å². The van der Waals surface area contributed by atoms with Crippen LogP contribution in [0.15, 0.2) is 12.1 Å². The molecule has 2 fully saturated rings. The van der Waals surface area contributed by atoms with Crippen molar-refractivity contribution in [2.75, 3.05) is 31.1 Å². The molecule has 0 N–H and O–H groups in total. The predicted molar refractivity (Wildman–Crippen MR) is 93.2 cm³/mol. The highest BCUT2D eigenvalue weighted by molar-refractivity contribution is 5.52. The van der Waals surface area contributed by atoms with Crippen LogP contribution in [0.3, 0.4) is 0 Å². The Morgan fingerprint density at radius 2 is 1.96 bits per heavy atom. The van der Waals surface area contributed by atoms with Crippen LogP contribution in [0.4, 0.5) is 5.82 Å². The summed E-state index contributed by atoms with van der Waals surface area (Å²) in [4.78, 5) is 10.0. The molecule has 5 heteroatoms. The number of aromatic nitrogens is 3. The minimum atomic E-state index is 0.434. The third-order valence-electron chi connectivity index (χ3n) is 5.27. The molecule has 2 aliphatic rings. The van der Waals surface area contributed by atoms with Crippen molar-refractivity contribution in [1.82, 2.24) is 19.5 Å². The Labute approximate surface area is 138 Å². The number of nitrogens with zero attached hydrogens (tertiary/aromatic N) is 5. The number of rotatable bonds is 2. The molecular formula is C18H27N5. The van der Waals surface area contributed by atoms with Crippen LogP contribution in [-0.4, -0.2) is 51.7 Å². The van der Waals surface area contributed by atoms with E-state index in [9.17, 15) is 0 Å². The van der Waals surface area contributed by atoms with E-state index >= 15 is 0 Å². The number of fused-ring (bicyclic) bond motifs is 2. The summed E-state index contributed by atoms with van der Waals surface area (Å²) in [5.74, 6) is 1.66. The van der Waals surface area contributed by atoms with Gasteiger partial charge in [-0.2, -0.15) is 9.61 Å². The molecule has 0 amide bonds. The molecule has 124 valence electrons. The molecule has 2 saturated heterocycles. The van der Waals surface area contributed by atoms with E-state index in [1.807, 2.05) is 4.52 Å². The molecule has 0 bridgehead atoms. The van der Waals surface area contributed by atoms with Gasteiger partial charge in [-0.3, -0.25) is 4.90 Å². The fourth-order valence-electron chi connectivity index (χ4n) is 4.03. The van der Waals surface area contributed by atoms with Crippen LogP contribution >= 0.6 is 0 Å². The summed E-state index contributed by atoms with van der Waals surface area (Å²) < 4.78 is 2.05. The van der Waals surface area contributed by atoms with E-state index in [0.717, 1.165) is 24.4 Å². The van der Waals surface area contributed by atoms with Gasteiger partial charge in [0.2, 0.25) is 0 Å². The Hall–Kier alpha value is -1.62. The van der Waals surface area contributed by atoms with Gasteiger partial charge in [0.25, 0.3) is 0 Å². The zero-order valence-corrected chi connectivity index (χ0v) is 14.5. The van der Waals surface area contributed by atoms with Crippen molar-refractivity contribution in [3.63, 3.8) is 0 Å². The van der Waals surface area contributed by atoms with Crippen LogP contribution in [0, 0.1) is 6.92 Å². The van der Waals surface area contributed by atoms with Gasteiger partial charge >= 0.3 is 0 Å². The van der Waals surface area contributed by atoms with E-state index in [4.69, 9.17) is 10.1 Å². The summed E-state index contributed by atoms with van der Waals surface area (Å²) in [5, 5.41) is 4.70. The second-order valence-electron chi connectivity index (χ2n) is 7.38. The highest BCUT2D eigenvalue weighted by Gasteiger charge is 2.30. The zero-order chi connectivity index (χ0) is 16.0. The van der Waals surface area contributed by atoms with Crippen LogP contribution in [0.25, 0.3) is 5.65 Å². The van der Waals surface area contributed by atoms with Gasteiger partial charge in [-0.05, 0) is 38.6 Å². The average Bonchev–Trinajstić information content (AvgIpc) is 3.05. The van der Waals surface area contributed by atoms with E-state index in [-0.39, 0.29) is 0 Å². The van der Waals surface area contributed by atoms with E-state index in [1.54, 1.807) is 0 Å². The van der Waals surface area contributed by atoms with Gasteiger partial charge in [0.05, 0.1) is 5.69 Å². The first-order chi connectivity index (χ1) is 11.1. The smallest absolute Gasteiger partial charge is 0.157 e. The summed E-state index contributed by atoms with van der Waals surface area (Å²) >= 11 is 0. The molecule has 0 spiro atoms. The Kier molecular flexibility index (Phi) is 3.76. The quantitative estimate of drug-likeness (QED) is 0.854. The molecule has 2 aliphatic heterocycles. The van der Waals surface area contributed by atoms with Crippen LogP contribution in [0.5, 0.6) is 0 Å². The lowest BCUT2D eigenvalue weighted by Gasteiger charge is -2.28. The predicted octanol–water partition coefficient (Wildman–Crippen LogP) is 2.84. The molecule has 2 aromatic heterocycles. The van der Waals surface area contributed by atoms with E-state index < -0.39 is 0 Å². The third kappa shape index (κ3) is 2.71. The largest absolute Gasteiger partial charge is 0.355 e. The number of anilines is 1. The fraction of sp³-hybridized carbons (Fsp3) is 0.667. The number of hydrogen-bond donors (Lipinski definition) is 0. The monoisotopic (exact) mass is 313 g/mol. The van der Waals surface area contributed by atoms with Crippen LogP contribution in [0.1, 0.15) is 50.4 Å². The molecule has 0 aromatic carbocycles. The van der Waals surface area contributed by atoms with Gasteiger partial charge in [0.1, 0.15) is 5.82 Å². The summed E-state index contributed by atoms with van der Waals surface area (Å²) in [7, 11) is 0. The standard InChI is InChI=1S/C18H27N5/c1-13(2)16-11-18(23-17(19-16)10-14(3)20-23)22-9-5-8-21-7-4-6-15(21)12-22/h10-11,13,15H,4-9,12H2,1-3H3/t15-/m0/s1. The van der Waals surface area contributed by atoms with Gasteiger partial charge < -0.3 is 4.90 Å². The second-order valence-corrected chi connectivity index (χ2v) is 7.38. The highest BCUT2D eigenvalue weighted by Crippen LogP contribution is 2.27. The van der Waals surface area contributed by atoms with Gasteiger partial charge in [-0.25, -0.2) is 4.98 Å². The van der Waals surface area contributed by atoms with Crippen molar-refractivity contribution in [3.8, 4) is 0 Å². The molecule has 4 rings (SSSR count).